The molecular weight excluding hydrogens is 422 g/mol. The minimum Gasteiger partial charge on any atom is -0.488 e. The van der Waals surface area contributed by atoms with Crippen molar-refractivity contribution < 1.29 is 27.8 Å². The first kappa shape index (κ1) is 21.4. The number of ether oxygens (including phenoxy) is 3. The lowest BCUT2D eigenvalue weighted by Crippen LogP contribution is -2.49. The van der Waals surface area contributed by atoms with Crippen molar-refractivity contribution in [2.75, 3.05) is 38.7 Å². The Hall–Kier alpha value is -2.30. The Kier molecular flexibility index (Phi) is 6.99. The largest absolute Gasteiger partial charge is 0.488 e. The summed E-state index contributed by atoms with van der Waals surface area (Å²) >= 11 is 6.77. The molecule has 0 bridgehead atoms. The molecule has 1 saturated heterocycles. The number of thiophene rings is 1. The fourth-order valence-corrected chi connectivity index (χ4v) is 3.99. The van der Waals surface area contributed by atoms with Gasteiger partial charge in [-0.2, -0.15) is 0 Å². The maximum atomic E-state index is 13.7. The second-order valence-corrected chi connectivity index (χ2v) is 7.64. The highest BCUT2D eigenvalue weighted by Crippen LogP contribution is 2.29. The van der Waals surface area contributed by atoms with E-state index in [1.807, 2.05) is 17.2 Å². The van der Waals surface area contributed by atoms with Crippen LogP contribution in [0.3, 0.4) is 0 Å². The number of methoxy groups -OCH3 is 1. The van der Waals surface area contributed by atoms with Crippen LogP contribution in [0.4, 0.5) is 14.5 Å². The number of halogens is 2. The van der Waals surface area contributed by atoms with Crippen molar-refractivity contribution in [3.63, 3.8) is 0 Å². The van der Waals surface area contributed by atoms with E-state index >= 15 is 0 Å². The lowest BCUT2D eigenvalue weighted by molar-refractivity contribution is -0.0286. The van der Waals surface area contributed by atoms with Gasteiger partial charge in [0.1, 0.15) is 23.4 Å². The minimum absolute atomic E-state index is 0.0460. The van der Waals surface area contributed by atoms with Crippen molar-refractivity contribution in [3.05, 3.63) is 45.7 Å². The van der Waals surface area contributed by atoms with Crippen LogP contribution in [0.1, 0.15) is 15.2 Å². The summed E-state index contributed by atoms with van der Waals surface area (Å²) in [7, 11) is 1.33. The first-order valence-electron chi connectivity index (χ1n) is 8.80. The number of nitrogens with zero attached hydrogens (tertiary/aromatic N) is 1. The number of thiocarbonyl (C=S) groups is 1. The normalized spacial score (nSPS) is 16.4. The van der Waals surface area contributed by atoms with Crippen molar-refractivity contribution in [1.82, 2.24) is 4.90 Å². The average molecular weight is 443 g/mol. The quantitative estimate of drug-likeness (QED) is 0.561. The molecule has 2 aromatic rings. The van der Waals surface area contributed by atoms with Crippen LogP contribution in [0.2, 0.25) is 0 Å². The molecule has 6 nitrogen and oxygen atoms in total. The highest BCUT2D eigenvalue weighted by molar-refractivity contribution is 7.80. The molecule has 1 atom stereocenters. The zero-order valence-corrected chi connectivity index (χ0v) is 17.5. The Bertz CT molecular complexity index is 906. The van der Waals surface area contributed by atoms with Crippen LogP contribution in [0.15, 0.2) is 23.6 Å². The number of hydrogen-bond acceptors (Lipinski definition) is 6. The number of esters is 1. The molecule has 1 fully saturated rings. The Balaban J connectivity index is 1.60. The molecule has 0 spiro atoms. The SMILES string of the molecule is COC(=O)c1scc(C)c1NC(=S)N1CCOC(COc2cc(F)ccc2F)C1. The number of anilines is 1. The van der Waals surface area contributed by atoms with Crippen molar-refractivity contribution in [1.29, 1.82) is 0 Å². The van der Waals surface area contributed by atoms with Crippen LogP contribution >= 0.6 is 23.6 Å². The van der Waals surface area contributed by atoms with E-state index in [1.165, 1.54) is 18.4 Å². The highest BCUT2D eigenvalue weighted by Gasteiger charge is 2.25. The first-order chi connectivity index (χ1) is 13.9. The van der Waals surface area contributed by atoms with Crippen molar-refractivity contribution in [2.45, 2.75) is 13.0 Å². The van der Waals surface area contributed by atoms with Crippen LogP contribution in [0.25, 0.3) is 0 Å². The molecule has 1 unspecified atom stereocenters. The lowest BCUT2D eigenvalue weighted by atomic mass is 10.2. The molecule has 3 rings (SSSR count). The van der Waals surface area contributed by atoms with Gasteiger partial charge in [0.15, 0.2) is 16.7 Å². The summed E-state index contributed by atoms with van der Waals surface area (Å²) in [6.07, 6.45) is -0.380. The summed E-state index contributed by atoms with van der Waals surface area (Å²) in [4.78, 5) is 14.3. The molecule has 0 radical (unpaired) electrons. The van der Waals surface area contributed by atoms with Gasteiger partial charge in [-0.05, 0) is 42.2 Å². The van der Waals surface area contributed by atoms with Crippen molar-refractivity contribution in [2.24, 2.45) is 0 Å². The summed E-state index contributed by atoms with van der Waals surface area (Å²) in [5.74, 6) is -1.81. The number of aryl methyl sites for hydroxylation is 1. The van der Waals surface area contributed by atoms with E-state index in [-0.39, 0.29) is 18.5 Å². The third-order valence-corrected chi connectivity index (χ3v) is 5.76. The molecular formula is C19H20F2N2O4S2. The van der Waals surface area contributed by atoms with Crippen molar-refractivity contribution in [3.8, 4) is 5.75 Å². The van der Waals surface area contributed by atoms with Gasteiger partial charge in [-0.15, -0.1) is 11.3 Å². The Morgan fingerprint density at radius 1 is 1.45 bits per heavy atom. The number of rotatable bonds is 5. The van der Waals surface area contributed by atoms with E-state index in [2.05, 4.69) is 5.32 Å². The fourth-order valence-electron chi connectivity index (χ4n) is 2.80. The van der Waals surface area contributed by atoms with Gasteiger partial charge in [-0.1, -0.05) is 0 Å². The van der Waals surface area contributed by atoms with Gasteiger partial charge in [0.05, 0.1) is 19.4 Å². The topological polar surface area (TPSA) is 60.0 Å². The van der Waals surface area contributed by atoms with E-state index in [4.69, 9.17) is 26.4 Å². The summed E-state index contributed by atoms with van der Waals surface area (Å²) in [6.45, 7) is 3.27. The molecule has 1 aliphatic heterocycles. The average Bonchev–Trinajstić information content (AvgIpc) is 3.08. The Morgan fingerprint density at radius 2 is 2.24 bits per heavy atom. The fraction of sp³-hybridized carbons (Fsp3) is 0.368. The zero-order valence-electron chi connectivity index (χ0n) is 15.9. The highest BCUT2D eigenvalue weighted by atomic mass is 32.1. The molecule has 1 aromatic heterocycles. The van der Waals surface area contributed by atoms with Crippen LogP contribution in [0.5, 0.6) is 5.75 Å². The zero-order chi connectivity index (χ0) is 21.0. The van der Waals surface area contributed by atoms with Crippen LogP contribution < -0.4 is 10.1 Å². The number of nitrogens with one attached hydrogen (secondary N) is 1. The van der Waals surface area contributed by atoms with Gasteiger partial charge in [-0.3, -0.25) is 0 Å². The van der Waals surface area contributed by atoms with E-state index in [1.54, 1.807) is 0 Å². The second-order valence-electron chi connectivity index (χ2n) is 6.37. The Labute approximate surface area is 176 Å². The molecule has 1 aliphatic rings. The van der Waals surface area contributed by atoms with Crippen LogP contribution in [-0.4, -0.2) is 55.5 Å². The number of carbonyl (C=O) groups is 1. The van der Waals surface area contributed by atoms with Gasteiger partial charge in [0, 0.05) is 19.2 Å². The molecule has 1 N–H and O–H groups in total. The van der Waals surface area contributed by atoms with E-state index < -0.39 is 17.6 Å². The maximum absolute atomic E-state index is 13.7. The molecule has 0 saturated carbocycles. The summed E-state index contributed by atoms with van der Waals surface area (Å²) < 4.78 is 42.8. The first-order valence-corrected chi connectivity index (χ1v) is 10.1. The summed E-state index contributed by atoms with van der Waals surface area (Å²) in [5.41, 5.74) is 1.50. The molecule has 0 amide bonds. The summed E-state index contributed by atoms with van der Waals surface area (Å²) in [6, 6.07) is 3.04. The minimum atomic E-state index is -0.639. The van der Waals surface area contributed by atoms with E-state index in [0.717, 1.165) is 23.8 Å². The number of benzene rings is 1. The number of morpholine rings is 1. The van der Waals surface area contributed by atoms with Gasteiger partial charge >= 0.3 is 5.97 Å². The Morgan fingerprint density at radius 3 is 3.00 bits per heavy atom. The van der Waals surface area contributed by atoms with Gasteiger partial charge < -0.3 is 24.4 Å². The molecule has 10 heteroatoms. The van der Waals surface area contributed by atoms with Gasteiger partial charge in [-0.25, -0.2) is 13.6 Å². The van der Waals surface area contributed by atoms with Gasteiger partial charge in [0.2, 0.25) is 0 Å². The standard InChI is InChI=1S/C19H20F2N2O4S2/c1-11-10-29-17(18(24)25-2)16(11)22-19(28)23-5-6-26-13(8-23)9-27-15-7-12(20)3-4-14(15)21/h3-4,7,10,13H,5-6,8-9H2,1-2H3,(H,22,28). The lowest BCUT2D eigenvalue weighted by Gasteiger charge is -2.34. The number of hydrogen-bond donors (Lipinski definition) is 1. The third-order valence-electron chi connectivity index (χ3n) is 4.32. The molecule has 2 heterocycles. The second kappa shape index (κ2) is 9.47. The van der Waals surface area contributed by atoms with Crippen LogP contribution in [0, 0.1) is 18.6 Å². The van der Waals surface area contributed by atoms with Crippen molar-refractivity contribution >= 4 is 40.3 Å². The smallest absolute Gasteiger partial charge is 0.350 e. The maximum Gasteiger partial charge on any atom is 0.350 e. The third kappa shape index (κ3) is 5.20. The van der Waals surface area contributed by atoms with E-state index in [9.17, 15) is 13.6 Å². The molecule has 29 heavy (non-hydrogen) atoms. The van der Waals surface area contributed by atoms with E-state index in [0.29, 0.717) is 35.4 Å². The molecule has 0 aliphatic carbocycles. The van der Waals surface area contributed by atoms with Gasteiger partial charge in [0.25, 0.3) is 0 Å². The molecule has 156 valence electrons. The monoisotopic (exact) mass is 442 g/mol. The number of carbonyl (C=O) groups excluding carboxylic acids is 1. The van der Waals surface area contributed by atoms with Crippen LogP contribution in [-0.2, 0) is 9.47 Å². The summed E-state index contributed by atoms with van der Waals surface area (Å²) in [5, 5.41) is 5.40. The molecule has 1 aromatic carbocycles. The predicted octanol–water partition coefficient (Wildman–Crippen LogP) is 3.60. The predicted molar refractivity (Wildman–Crippen MR) is 110 cm³/mol.